The van der Waals surface area contributed by atoms with E-state index in [4.69, 9.17) is 10.5 Å². The predicted molar refractivity (Wildman–Crippen MR) is 84.0 cm³/mol. The fourth-order valence-electron chi connectivity index (χ4n) is 2.70. The first-order chi connectivity index (χ1) is 10.3. The van der Waals surface area contributed by atoms with E-state index in [1.807, 2.05) is 6.07 Å². The zero-order valence-corrected chi connectivity index (χ0v) is 12.3. The molecule has 1 aromatic rings. The first-order valence-corrected chi connectivity index (χ1v) is 7.55. The summed E-state index contributed by atoms with van der Waals surface area (Å²) in [6.07, 6.45) is 5.60. The number of likely N-dealkylation sites (tertiary alicyclic amines) is 1. The lowest BCUT2D eigenvalue weighted by Crippen LogP contribution is -2.34. The summed E-state index contributed by atoms with van der Waals surface area (Å²) < 4.78 is 0. The summed E-state index contributed by atoms with van der Waals surface area (Å²) >= 11 is 0. The fraction of sp³-hybridized carbons (Fsp3) is 0.444. The first kappa shape index (κ1) is 15.3. The molecule has 0 aromatic heterocycles. The SMILES string of the molecule is N#CCC[C@@H](C#N)CN1CCC(=Cc2ccccc2)CC1. The molecular formula is C18H21N3. The molecule has 1 aromatic carbocycles. The third-order valence-corrected chi connectivity index (χ3v) is 3.93. The number of hydrogen-bond acceptors (Lipinski definition) is 3. The normalized spacial score (nSPS) is 16.8. The van der Waals surface area contributed by atoms with Gasteiger partial charge in [-0.25, -0.2) is 0 Å². The van der Waals surface area contributed by atoms with Crippen LogP contribution in [0.4, 0.5) is 0 Å². The molecule has 0 aliphatic carbocycles. The van der Waals surface area contributed by atoms with Gasteiger partial charge in [0.15, 0.2) is 0 Å². The van der Waals surface area contributed by atoms with Crippen LogP contribution in [0.25, 0.3) is 6.08 Å². The van der Waals surface area contributed by atoms with Gasteiger partial charge in [0.25, 0.3) is 0 Å². The maximum Gasteiger partial charge on any atom is 0.0669 e. The van der Waals surface area contributed by atoms with Crippen LogP contribution in [0.1, 0.15) is 31.2 Å². The van der Waals surface area contributed by atoms with Crippen LogP contribution in [0, 0.1) is 28.6 Å². The zero-order valence-electron chi connectivity index (χ0n) is 12.3. The Morgan fingerprint density at radius 2 is 1.86 bits per heavy atom. The number of piperidine rings is 1. The van der Waals surface area contributed by atoms with Crippen molar-refractivity contribution in [3.05, 3.63) is 41.5 Å². The van der Waals surface area contributed by atoms with E-state index in [0.29, 0.717) is 12.8 Å². The Balaban J connectivity index is 1.82. The van der Waals surface area contributed by atoms with E-state index >= 15 is 0 Å². The van der Waals surface area contributed by atoms with Crippen molar-refractivity contribution >= 4 is 6.08 Å². The number of nitriles is 2. The van der Waals surface area contributed by atoms with Crippen LogP contribution < -0.4 is 0 Å². The fourth-order valence-corrected chi connectivity index (χ4v) is 2.70. The lowest BCUT2D eigenvalue weighted by molar-refractivity contribution is 0.232. The van der Waals surface area contributed by atoms with Crippen molar-refractivity contribution in [2.45, 2.75) is 25.7 Å². The third kappa shape index (κ3) is 5.06. The Morgan fingerprint density at radius 3 is 2.48 bits per heavy atom. The van der Waals surface area contributed by atoms with Crippen molar-refractivity contribution < 1.29 is 0 Å². The van der Waals surface area contributed by atoms with Crippen molar-refractivity contribution in [1.29, 1.82) is 10.5 Å². The molecule has 0 N–H and O–H groups in total. The molecule has 3 heteroatoms. The second kappa shape index (κ2) is 8.25. The molecule has 0 amide bonds. The minimum atomic E-state index is -0.00990. The summed E-state index contributed by atoms with van der Waals surface area (Å²) in [5.41, 5.74) is 2.76. The molecule has 1 saturated heterocycles. The Labute approximate surface area is 127 Å². The summed E-state index contributed by atoms with van der Waals surface area (Å²) in [5, 5.41) is 17.7. The Bertz CT molecular complexity index is 538. The second-order valence-electron chi connectivity index (χ2n) is 5.54. The number of rotatable bonds is 5. The minimum Gasteiger partial charge on any atom is -0.301 e. The van der Waals surface area contributed by atoms with Crippen LogP contribution in [-0.2, 0) is 0 Å². The van der Waals surface area contributed by atoms with Crippen molar-refractivity contribution in [3.63, 3.8) is 0 Å². The molecule has 3 nitrogen and oxygen atoms in total. The number of nitrogens with zero attached hydrogens (tertiary/aromatic N) is 3. The molecule has 1 aliphatic rings. The largest absolute Gasteiger partial charge is 0.301 e. The van der Waals surface area contributed by atoms with E-state index in [-0.39, 0.29) is 5.92 Å². The van der Waals surface area contributed by atoms with Gasteiger partial charge in [-0.15, -0.1) is 0 Å². The molecule has 1 aliphatic heterocycles. The summed E-state index contributed by atoms with van der Waals surface area (Å²) in [6.45, 7) is 2.84. The van der Waals surface area contributed by atoms with E-state index in [0.717, 1.165) is 32.5 Å². The first-order valence-electron chi connectivity index (χ1n) is 7.55. The van der Waals surface area contributed by atoms with E-state index in [1.54, 1.807) is 0 Å². The van der Waals surface area contributed by atoms with E-state index in [2.05, 4.69) is 47.4 Å². The molecule has 1 heterocycles. The minimum absolute atomic E-state index is 0.00990. The van der Waals surface area contributed by atoms with Crippen molar-refractivity contribution in [2.75, 3.05) is 19.6 Å². The second-order valence-corrected chi connectivity index (χ2v) is 5.54. The molecule has 0 unspecified atom stereocenters. The van der Waals surface area contributed by atoms with Crippen molar-refractivity contribution in [3.8, 4) is 12.1 Å². The van der Waals surface area contributed by atoms with Crippen molar-refractivity contribution in [2.24, 2.45) is 5.92 Å². The quantitative estimate of drug-likeness (QED) is 0.827. The smallest absolute Gasteiger partial charge is 0.0669 e. The molecule has 2 rings (SSSR count). The molecule has 1 fully saturated rings. The Morgan fingerprint density at radius 1 is 1.14 bits per heavy atom. The zero-order chi connectivity index (χ0) is 14.9. The molecule has 0 saturated carbocycles. The van der Waals surface area contributed by atoms with Gasteiger partial charge in [0, 0.05) is 26.1 Å². The highest BCUT2D eigenvalue weighted by Gasteiger charge is 2.18. The summed E-state index contributed by atoms with van der Waals surface area (Å²) in [6, 6.07) is 14.9. The highest BCUT2D eigenvalue weighted by molar-refractivity contribution is 5.52. The molecule has 0 radical (unpaired) electrons. The number of benzene rings is 1. The van der Waals surface area contributed by atoms with Crippen LogP contribution in [-0.4, -0.2) is 24.5 Å². The molecule has 0 spiro atoms. The lowest BCUT2D eigenvalue weighted by atomic mass is 9.98. The van der Waals surface area contributed by atoms with Crippen LogP contribution in [0.5, 0.6) is 0 Å². The van der Waals surface area contributed by atoms with E-state index < -0.39 is 0 Å². The van der Waals surface area contributed by atoms with Crippen molar-refractivity contribution in [1.82, 2.24) is 4.90 Å². The average Bonchev–Trinajstić information content (AvgIpc) is 2.54. The van der Waals surface area contributed by atoms with Crippen LogP contribution >= 0.6 is 0 Å². The van der Waals surface area contributed by atoms with Crippen LogP contribution in [0.2, 0.25) is 0 Å². The highest BCUT2D eigenvalue weighted by atomic mass is 15.1. The molecule has 1 atom stereocenters. The van der Waals surface area contributed by atoms with Gasteiger partial charge in [0.05, 0.1) is 18.1 Å². The van der Waals surface area contributed by atoms with Gasteiger partial charge < -0.3 is 4.90 Å². The topological polar surface area (TPSA) is 50.8 Å². The third-order valence-electron chi connectivity index (χ3n) is 3.93. The van der Waals surface area contributed by atoms with E-state index in [9.17, 15) is 0 Å². The van der Waals surface area contributed by atoms with E-state index in [1.165, 1.54) is 11.1 Å². The molecular weight excluding hydrogens is 258 g/mol. The van der Waals surface area contributed by atoms with Gasteiger partial charge in [0.1, 0.15) is 0 Å². The average molecular weight is 279 g/mol. The lowest BCUT2D eigenvalue weighted by Gasteiger charge is -2.29. The standard InChI is InChI=1S/C18H21N3/c19-10-4-7-18(14-20)15-21-11-8-17(9-12-21)13-16-5-2-1-3-6-16/h1-3,5-6,13,18H,4,7-9,11-12,15H2/t18-/m0/s1. The summed E-state index contributed by atoms with van der Waals surface area (Å²) in [5.74, 6) is -0.00990. The molecule has 21 heavy (non-hydrogen) atoms. The van der Waals surface area contributed by atoms with Gasteiger partial charge in [-0.3, -0.25) is 0 Å². The van der Waals surface area contributed by atoms with Gasteiger partial charge in [-0.1, -0.05) is 42.0 Å². The van der Waals surface area contributed by atoms with Crippen LogP contribution in [0.15, 0.2) is 35.9 Å². The molecule has 108 valence electrons. The summed E-state index contributed by atoms with van der Waals surface area (Å²) in [4.78, 5) is 2.35. The molecule has 0 bridgehead atoms. The van der Waals surface area contributed by atoms with Gasteiger partial charge in [-0.05, 0) is 24.8 Å². The van der Waals surface area contributed by atoms with Gasteiger partial charge in [-0.2, -0.15) is 10.5 Å². The highest BCUT2D eigenvalue weighted by Crippen LogP contribution is 2.20. The van der Waals surface area contributed by atoms with Gasteiger partial charge in [0.2, 0.25) is 0 Å². The maximum atomic E-state index is 9.13. The Hall–Kier alpha value is -2.10. The number of hydrogen-bond donors (Lipinski definition) is 0. The van der Waals surface area contributed by atoms with Gasteiger partial charge >= 0.3 is 0 Å². The predicted octanol–water partition coefficient (Wildman–Crippen LogP) is 3.61. The Kier molecular flexibility index (Phi) is 6.00. The monoisotopic (exact) mass is 279 g/mol. The maximum absolute atomic E-state index is 9.13. The van der Waals surface area contributed by atoms with Crippen LogP contribution in [0.3, 0.4) is 0 Å². The summed E-state index contributed by atoms with van der Waals surface area (Å²) in [7, 11) is 0.